The van der Waals surface area contributed by atoms with E-state index in [-0.39, 0.29) is 10.9 Å². The Kier molecular flexibility index (Phi) is 7.67. The Balaban J connectivity index is 0.00000127. The van der Waals surface area contributed by atoms with E-state index < -0.39 is 10.0 Å². The molecule has 0 bridgehead atoms. The predicted molar refractivity (Wildman–Crippen MR) is 97.8 cm³/mol. The van der Waals surface area contributed by atoms with Crippen LogP contribution in [-0.4, -0.2) is 12.8 Å². The van der Waals surface area contributed by atoms with Gasteiger partial charge in [-0.2, -0.15) is 4.37 Å². The van der Waals surface area contributed by atoms with Crippen LogP contribution < -0.4 is 4.72 Å². The largest absolute Gasteiger partial charge is 0.241 e. The van der Waals surface area contributed by atoms with Gasteiger partial charge < -0.3 is 0 Å². The van der Waals surface area contributed by atoms with Crippen LogP contribution >= 0.6 is 23.1 Å². The topological polar surface area (TPSA) is 59.1 Å². The van der Waals surface area contributed by atoms with Gasteiger partial charge in [0.2, 0.25) is 10.0 Å². The monoisotopic (exact) mass is 374 g/mol. The minimum Gasteiger partial charge on any atom is -0.207 e. The van der Waals surface area contributed by atoms with Crippen molar-refractivity contribution in [2.45, 2.75) is 52.0 Å². The molecule has 4 nitrogen and oxygen atoms in total. The molecule has 0 spiro atoms. The SMILES string of the molecule is CC.CCc1snc(C(C)NS(=O)(=O)c2ccc(Cl)cc2)c1C. The van der Waals surface area contributed by atoms with Crippen LogP contribution in [0.5, 0.6) is 0 Å². The third-order valence-electron chi connectivity index (χ3n) is 3.24. The average Bonchev–Trinajstić information content (AvgIpc) is 2.90. The number of rotatable bonds is 5. The van der Waals surface area contributed by atoms with E-state index in [1.54, 1.807) is 19.1 Å². The highest BCUT2D eigenvalue weighted by Crippen LogP contribution is 2.25. The Bertz CT molecular complexity index is 725. The normalized spacial score (nSPS) is 12.4. The number of hydrogen-bond acceptors (Lipinski definition) is 4. The lowest BCUT2D eigenvalue weighted by Gasteiger charge is -2.13. The maximum Gasteiger partial charge on any atom is 0.241 e. The standard InChI is InChI=1S/C14H17ClN2O2S2.C2H6/c1-4-13-9(2)14(16-20-13)10(3)17-21(18,19)12-7-5-11(15)6-8-12;1-2/h5-8,10,17H,4H2,1-3H3;1-2H3. The Morgan fingerprint density at radius 2 is 1.83 bits per heavy atom. The highest BCUT2D eigenvalue weighted by molar-refractivity contribution is 7.89. The quantitative estimate of drug-likeness (QED) is 0.822. The van der Waals surface area contributed by atoms with E-state index in [4.69, 9.17) is 11.6 Å². The summed E-state index contributed by atoms with van der Waals surface area (Å²) in [4.78, 5) is 1.38. The molecule has 0 aliphatic rings. The summed E-state index contributed by atoms with van der Waals surface area (Å²) in [5, 5.41) is 0.505. The predicted octanol–water partition coefficient (Wildman–Crippen LogP) is 4.73. The Morgan fingerprint density at radius 3 is 2.30 bits per heavy atom. The van der Waals surface area contributed by atoms with E-state index in [0.717, 1.165) is 17.7 Å². The smallest absolute Gasteiger partial charge is 0.207 e. The van der Waals surface area contributed by atoms with E-state index in [9.17, 15) is 8.42 Å². The summed E-state index contributed by atoms with van der Waals surface area (Å²) in [6.07, 6.45) is 0.903. The first-order chi connectivity index (χ1) is 10.8. The van der Waals surface area contributed by atoms with Crippen molar-refractivity contribution in [3.05, 3.63) is 45.4 Å². The van der Waals surface area contributed by atoms with E-state index in [0.29, 0.717) is 5.02 Å². The van der Waals surface area contributed by atoms with Crippen LogP contribution in [0.4, 0.5) is 0 Å². The molecule has 1 N–H and O–H groups in total. The first-order valence-corrected chi connectivity index (χ1v) is 10.2. The molecular formula is C16H23ClN2O2S2. The number of halogens is 1. The fraction of sp³-hybridized carbons (Fsp3) is 0.438. The molecule has 0 aliphatic heterocycles. The van der Waals surface area contributed by atoms with E-state index in [1.807, 2.05) is 20.8 Å². The zero-order chi connectivity index (χ0) is 17.6. The van der Waals surface area contributed by atoms with Gasteiger partial charge in [-0.25, -0.2) is 13.1 Å². The van der Waals surface area contributed by atoms with Crippen LogP contribution in [0.1, 0.15) is 49.9 Å². The number of hydrogen-bond donors (Lipinski definition) is 1. The van der Waals surface area contributed by atoms with Gasteiger partial charge in [0.05, 0.1) is 16.6 Å². The van der Waals surface area contributed by atoms with Crippen molar-refractivity contribution in [2.24, 2.45) is 0 Å². The number of sulfonamides is 1. The molecule has 1 unspecified atom stereocenters. The average molecular weight is 375 g/mol. The van der Waals surface area contributed by atoms with Crippen molar-refractivity contribution >= 4 is 33.2 Å². The summed E-state index contributed by atoms with van der Waals surface area (Å²) < 4.78 is 31.7. The Hall–Kier alpha value is -0.950. The highest BCUT2D eigenvalue weighted by Gasteiger charge is 2.22. The second-order valence-corrected chi connectivity index (χ2v) is 7.77. The Labute approximate surface area is 148 Å². The van der Waals surface area contributed by atoms with Gasteiger partial charge in [-0.05, 0) is 61.6 Å². The molecule has 0 saturated carbocycles. The van der Waals surface area contributed by atoms with Crippen LogP contribution in [-0.2, 0) is 16.4 Å². The fourth-order valence-electron chi connectivity index (χ4n) is 2.09. The van der Waals surface area contributed by atoms with Gasteiger partial charge in [-0.15, -0.1) is 0 Å². The molecule has 0 fully saturated rings. The summed E-state index contributed by atoms with van der Waals surface area (Å²) in [7, 11) is -3.58. The van der Waals surface area contributed by atoms with Crippen molar-refractivity contribution in [3.63, 3.8) is 0 Å². The van der Waals surface area contributed by atoms with E-state index in [1.165, 1.54) is 28.5 Å². The van der Waals surface area contributed by atoms with Crippen molar-refractivity contribution < 1.29 is 8.42 Å². The summed E-state index contributed by atoms with van der Waals surface area (Å²) in [6, 6.07) is 5.72. The number of aromatic nitrogens is 1. The second-order valence-electron chi connectivity index (χ2n) is 4.77. The first-order valence-electron chi connectivity index (χ1n) is 7.58. The summed E-state index contributed by atoms with van der Waals surface area (Å²) in [5.41, 5.74) is 1.85. The van der Waals surface area contributed by atoms with Crippen molar-refractivity contribution in [1.29, 1.82) is 0 Å². The Morgan fingerprint density at radius 1 is 1.26 bits per heavy atom. The van der Waals surface area contributed by atoms with Crippen LogP contribution in [0.3, 0.4) is 0 Å². The molecule has 128 valence electrons. The summed E-state index contributed by atoms with van der Waals surface area (Å²) in [6.45, 7) is 9.84. The fourth-order valence-corrected chi connectivity index (χ4v) is 4.30. The number of nitrogens with one attached hydrogen (secondary N) is 1. The third kappa shape index (κ3) is 5.01. The zero-order valence-corrected chi connectivity index (χ0v) is 16.4. The molecular weight excluding hydrogens is 352 g/mol. The number of nitrogens with zero attached hydrogens (tertiary/aromatic N) is 1. The molecule has 23 heavy (non-hydrogen) atoms. The van der Waals surface area contributed by atoms with Gasteiger partial charge in [0.1, 0.15) is 0 Å². The van der Waals surface area contributed by atoms with Crippen LogP contribution in [0.15, 0.2) is 29.2 Å². The zero-order valence-electron chi connectivity index (χ0n) is 14.1. The van der Waals surface area contributed by atoms with Gasteiger partial charge in [-0.3, -0.25) is 0 Å². The van der Waals surface area contributed by atoms with Gasteiger partial charge >= 0.3 is 0 Å². The molecule has 7 heteroatoms. The van der Waals surface area contributed by atoms with E-state index >= 15 is 0 Å². The van der Waals surface area contributed by atoms with Crippen molar-refractivity contribution in [1.82, 2.24) is 9.10 Å². The number of aryl methyl sites for hydroxylation is 1. The third-order valence-corrected chi connectivity index (χ3v) is 6.16. The molecule has 2 aromatic rings. The lowest BCUT2D eigenvalue weighted by molar-refractivity contribution is 0.564. The molecule has 1 aromatic heterocycles. The highest BCUT2D eigenvalue weighted by atomic mass is 35.5. The van der Waals surface area contributed by atoms with Crippen LogP contribution in [0.25, 0.3) is 0 Å². The molecule has 0 amide bonds. The minimum atomic E-state index is -3.58. The van der Waals surface area contributed by atoms with E-state index in [2.05, 4.69) is 16.0 Å². The maximum atomic E-state index is 12.3. The van der Waals surface area contributed by atoms with Crippen LogP contribution in [0.2, 0.25) is 5.02 Å². The molecule has 0 aliphatic carbocycles. The number of benzene rings is 1. The van der Waals surface area contributed by atoms with Gasteiger partial charge in [0, 0.05) is 9.90 Å². The van der Waals surface area contributed by atoms with Crippen molar-refractivity contribution in [2.75, 3.05) is 0 Å². The molecule has 0 radical (unpaired) electrons. The lowest BCUT2D eigenvalue weighted by Crippen LogP contribution is -2.27. The lowest BCUT2D eigenvalue weighted by atomic mass is 10.1. The van der Waals surface area contributed by atoms with Gasteiger partial charge in [-0.1, -0.05) is 32.4 Å². The summed E-state index contributed by atoms with van der Waals surface area (Å²) >= 11 is 7.21. The summed E-state index contributed by atoms with van der Waals surface area (Å²) in [5.74, 6) is 0. The van der Waals surface area contributed by atoms with Crippen LogP contribution in [0, 0.1) is 6.92 Å². The van der Waals surface area contributed by atoms with Gasteiger partial charge in [0.25, 0.3) is 0 Å². The molecule has 1 aromatic carbocycles. The molecule has 2 rings (SSSR count). The minimum absolute atomic E-state index is 0.197. The first kappa shape index (κ1) is 20.1. The maximum absolute atomic E-state index is 12.3. The van der Waals surface area contributed by atoms with Crippen molar-refractivity contribution in [3.8, 4) is 0 Å². The molecule has 1 heterocycles. The molecule has 0 saturated heterocycles. The molecule has 1 atom stereocenters. The van der Waals surface area contributed by atoms with Gasteiger partial charge in [0.15, 0.2) is 0 Å². The second kappa shape index (κ2) is 8.78.